The number of nitrogens with one attached hydrogen (secondary N) is 1. The monoisotopic (exact) mass is 961 g/mol. The van der Waals surface area contributed by atoms with Crippen molar-refractivity contribution in [3.05, 3.63) is 138 Å². The topological polar surface area (TPSA) is 88.0 Å². The first-order chi connectivity index (χ1) is 32.1. The molecule has 1 aromatic heterocycles. The van der Waals surface area contributed by atoms with E-state index in [2.05, 4.69) is 79.1 Å². The summed E-state index contributed by atoms with van der Waals surface area (Å²) >= 11 is 0. The number of carbonyl (C=O) groups is 2. The van der Waals surface area contributed by atoms with Gasteiger partial charge >= 0.3 is 5.97 Å². The molecule has 1 N–H and O–H groups in total. The second kappa shape index (κ2) is 25.8. The first kappa shape index (κ1) is 55.2. The fraction of sp³-hybridized carbons (Fsp3) is 0.464. The summed E-state index contributed by atoms with van der Waals surface area (Å²) in [5.74, 6) is -1.01. The van der Waals surface area contributed by atoms with Crippen LogP contribution in [0.1, 0.15) is 145 Å². The van der Waals surface area contributed by atoms with Gasteiger partial charge in [-0.15, -0.1) is 0 Å². The minimum Gasteiger partial charge on any atom is -0.461 e. The van der Waals surface area contributed by atoms with Crippen LogP contribution < -0.4 is 5.32 Å². The van der Waals surface area contributed by atoms with Crippen LogP contribution in [0.3, 0.4) is 0 Å². The standard InChI is InChI=1S/C52H67FN2O6S2.2C2H6.H2/c1-35(2)50-49(52(57)54-44-24-18-13-19-25-44)48(41-22-16-12-17-23-41)51(42-26-28-43(53)29-27-42)55(50)31-30-45-32-46(33-47(56)58-34-40-20-14-11-15-21-40)60-63(38(7)8,39(9)10)61-62(59-45,36(3)4)37(5)6;2*1-2;/h11-29,35-39,45-46H,30-34H2,1-10H3,(H,54,57);2*1-2H3;1H/t45-,46-;;;/m1.../s1. The van der Waals surface area contributed by atoms with Gasteiger partial charge in [-0.1, -0.05) is 120 Å². The fourth-order valence-electron chi connectivity index (χ4n) is 8.59. The smallest absolute Gasteiger partial charge is 0.308 e. The summed E-state index contributed by atoms with van der Waals surface area (Å²) in [6.45, 7) is 30.1. The molecule has 8 nitrogen and oxygen atoms in total. The number of amides is 1. The second-order valence-electron chi connectivity index (χ2n) is 17.7. The van der Waals surface area contributed by atoms with E-state index in [1.807, 2.05) is 119 Å². The Morgan fingerprint density at radius 1 is 0.687 bits per heavy atom. The molecule has 0 saturated carbocycles. The van der Waals surface area contributed by atoms with Crippen molar-refractivity contribution in [3.63, 3.8) is 0 Å². The van der Waals surface area contributed by atoms with Gasteiger partial charge in [0.05, 0.1) is 29.9 Å². The first-order valence-corrected chi connectivity index (χ1v) is 27.6. The number of hydrogen-bond acceptors (Lipinski definition) is 6. The highest BCUT2D eigenvalue weighted by molar-refractivity contribution is 8.39. The van der Waals surface area contributed by atoms with Crippen LogP contribution in [0.2, 0.25) is 0 Å². The number of para-hydroxylation sites is 1. The predicted octanol–water partition coefficient (Wildman–Crippen LogP) is 16.3. The van der Waals surface area contributed by atoms with Crippen molar-refractivity contribution in [1.82, 2.24) is 4.57 Å². The summed E-state index contributed by atoms with van der Waals surface area (Å²) < 4.78 is 45.1. The van der Waals surface area contributed by atoms with Crippen LogP contribution in [0.4, 0.5) is 10.1 Å². The van der Waals surface area contributed by atoms with Gasteiger partial charge in [0.1, 0.15) is 12.4 Å². The normalized spacial score (nSPS) is 17.7. The summed E-state index contributed by atoms with van der Waals surface area (Å²) in [5, 5.41) is 3.29. The predicted molar refractivity (Wildman–Crippen MR) is 285 cm³/mol. The average molecular weight is 961 g/mol. The highest BCUT2D eigenvalue weighted by atomic mass is 32.4. The number of nitrogens with zero attached hydrogens (tertiary/aromatic N) is 1. The van der Waals surface area contributed by atoms with Crippen molar-refractivity contribution >= 4 is 38.7 Å². The summed E-state index contributed by atoms with van der Waals surface area (Å²) in [6, 6.07) is 35.6. The molecule has 2 atom stereocenters. The highest BCUT2D eigenvalue weighted by Gasteiger charge is 2.46. The molecule has 6 rings (SSSR count). The van der Waals surface area contributed by atoms with E-state index in [9.17, 15) is 14.0 Å². The van der Waals surface area contributed by atoms with E-state index in [4.69, 9.17) is 16.7 Å². The summed E-state index contributed by atoms with van der Waals surface area (Å²) in [7, 11) is -4.50. The maximum absolute atomic E-state index is 14.8. The van der Waals surface area contributed by atoms with Gasteiger partial charge in [0.25, 0.3) is 5.91 Å². The van der Waals surface area contributed by atoms with Crippen LogP contribution in [0.5, 0.6) is 0 Å². The summed E-state index contributed by atoms with van der Waals surface area (Å²) in [6.07, 6.45) is 0.0351. The average Bonchev–Trinajstić information content (AvgIpc) is 3.66. The molecule has 2 heterocycles. The van der Waals surface area contributed by atoms with Gasteiger partial charge < -0.3 is 14.6 Å². The number of rotatable bonds is 16. The highest BCUT2D eigenvalue weighted by Crippen LogP contribution is 2.75. The van der Waals surface area contributed by atoms with Crippen LogP contribution >= 0.6 is 21.2 Å². The minimum atomic E-state index is -2.25. The SMILES string of the molecule is CC.CC.CC(C)c1c(C(=O)Nc2ccccc2)c(-c2ccccc2)c(-c2ccc(F)cc2)n1CC[C@@H]1C[C@H](CC(=O)OCc2ccccc2)OS(C(C)C)(C(C)C)OS(C(C)C)(C(C)C)O1.[HH]. The van der Waals surface area contributed by atoms with Crippen LogP contribution in [0.15, 0.2) is 115 Å². The van der Waals surface area contributed by atoms with Gasteiger partial charge in [-0.2, -0.15) is 24.8 Å². The van der Waals surface area contributed by atoms with Gasteiger partial charge in [-0.25, -0.2) is 4.39 Å². The summed E-state index contributed by atoms with van der Waals surface area (Å²) in [5.41, 5.74) is 6.27. The zero-order chi connectivity index (χ0) is 49.5. The van der Waals surface area contributed by atoms with Crippen molar-refractivity contribution < 1.29 is 32.1 Å². The molecule has 0 aliphatic carbocycles. The molecular formula is C56H81FN2O6S2. The molecule has 1 aliphatic heterocycles. The lowest BCUT2D eigenvalue weighted by molar-refractivity contribution is -0.147. The molecule has 0 spiro atoms. The van der Waals surface area contributed by atoms with E-state index in [-0.39, 0.29) is 59.1 Å². The first-order valence-electron chi connectivity index (χ1n) is 24.4. The van der Waals surface area contributed by atoms with Gasteiger partial charge in [0.15, 0.2) is 0 Å². The number of anilines is 1. The Bertz CT molecular complexity index is 2260. The maximum atomic E-state index is 14.8. The third-order valence-electron chi connectivity index (χ3n) is 11.5. The number of ether oxygens (including phenoxy) is 1. The third-order valence-corrected chi connectivity index (χ3v) is 19.6. The zero-order valence-electron chi connectivity index (χ0n) is 42.6. The van der Waals surface area contributed by atoms with Gasteiger partial charge in [-0.05, 0) is 121 Å². The fourth-order valence-corrected chi connectivity index (χ4v) is 16.9. The number of aromatic nitrogens is 1. The quantitative estimate of drug-likeness (QED) is 0.0991. The van der Waals surface area contributed by atoms with Crippen molar-refractivity contribution in [3.8, 4) is 22.4 Å². The molecule has 1 aliphatic rings. The number of halogens is 1. The van der Waals surface area contributed by atoms with Gasteiger partial charge in [0, 0.05) is 52.3 Å². The van der Waals surface area contributed by atoms with Crippen LogP contribution in [0.25, 0.3) is 22.4 Å². The lowest BCUT2D eigenvalue weighted by atomic mass is 9.94. The van der Waals surface area contributed by atoms with Crippen molar-refractivity contribution in [1.29, 1.82) is 0 Å². The number of carbonyl (C=O) groups excluding carboxylic acids is 2. The molecule has 370 valence electrons. The largest absolute Gasteiger partial charge is 0.461 e. The van der Waals surface area contributed by atoms with E-state index in [1.54, 1.807) is 12.1 Å². The Hall–Kier alpha value is -4.39. The minimum absolute atomic E-state index is 0. The van der Waals surface area contributed by atoms with Crippen LogP contribution in [-0.2, 0) is 34.7 Å². The molecule has 11 heteroatoms. The molecule has 0 unspecified atom stereocenters. The maximum Gasteiger partial charge on any atom is 0.308 e. The molecule has 0 radical (unpaired) electrons. The zero-order valence-corrected chi connectivity index (χ0v) is 44.3. The van der Waals surface area contributed by atoms with Crippen LogP contribution in [-0.4, -0.2) is 49.7 Å². The third kappa shape index (κ3) is 13.4. The van der Waals surface area contributed by atoms with E-state index < -0.39 is 33.4 Å². The molecular weight excluding hydrogens is 880 g/mol. The Morgan fingerprint density at radius 3 is 1.69 bits per heavy atom. The Balaban J connectivity index is 0.00000239. The molecule has 67 heavy (non-hydrogen) atoms. The second-order valence-corrected chi connectivity index (χ2v) is 24.8. The Morgan fingerprint density at radius 2 is 1.18 bits per heavy atom. The molecule has 4 aromatic carbocycles. The lowest BCUT2D eigenvalue weighted by Crippen LogP contribution is -2.41. The van der Waals surface area contributed by atoms with E-state index in [0.717, 1.165) is 33.6 Å². The van der Waals surface area contributed by atoms with Gasteiger partial charge in [0.2, 0.25) is 0 Å². The number of esters is 1. The number of hydrogen-bond donors (Lipinski definition) is 1. The molecule has 1 amide bonds. The Kier molecular flexibility index (Phi) is 21.3. The van der Waals surface area contributed by atoms with Crippen molar-refractivity contribution in [2.24, 2.45) is 0 Å². The van der Waals surface area contributed by atoms with E-state index >= 15 is 0 Å². The van der Waals surface area contributed by atoms with Crippen LogP contribution in [0, 0.1) is 5.82 Å². The molecule has 1 saturated heterocycles. The molecule has 0 bridgehead atoms. The van der Waals surface area contributed by atoms with E-state index in [0.29, 0.717) is 30.6 Å². The Labute approximate surface area is 407 Å². The van der Waals surface area contributed by atoms with E-state index in [1.165, 1.54) is 12.1 Å². The summed E-state index contributed by atoms with van der Waals surface area (Å²) in [4.78, 5) is 28.5. The molecule has 1 fully saturated rings. The van der Waals surface area contributed by atoms with Crippen molar-refractivity contribution in [2.45, 2.75) is 168 Å². The lowest BCUT2D eigenvalue weighted by Gasteiger charge is -2.63. The number of benzene rings is 4. The van der Waals surface area contributed by atoms with Crippen molar-refractivity contribution in [2.75, 3.05) is 5.32 Å². The molecule has 5 aromatic rings. The van der Waals surface area contributed by atoms with Gasteiger partial charge in [-0.3, -0.25) is 18.0 Å².